The van der Waals surface area contributed by atoms with Gasteiger partial charge in [0, 0.05) is 0 Å². The standard InChI is InChI=1S/C12H18O4/c1-2-3-6-14-8-15-12(13)10-7-9-4-5-11(10)16-9/h4-5,9-11H,2-3,6-8H2,1H3. The lowest BCUT2D eigenvalue weighted by Crippen LogP contribution is -2.26. The zero-order valence-electron chi connectivity index (χ0n) is 9.56. The maximum absolute atomic E-state index is 11.7. The molecule has 2 aliphatic rings. The summed E-state index contributed by atoms with van der Waals surface area (Å²) in [5, 5.41) is 0. The number of carbonyl (C=O) groups excluding carboxylic acids is 1. The molecule has 0 saturated carbocycles. The van der Waals surface area contributed by atoms with Gasteiger partial charge >= 0.3 is 5.97 Å². The first-order chi connectivity index (χ1) is 7.81. The van der Waals surface area contributed by atoms with E-state index >= 15 is 0 Å². The molecule has 2 aliphatic heterocycles. The molecular weight excluding hydrogens is 208 g/mol. The summed E-state index contributed by atoms with van der Waals surface area (Å²) >= 11 is 0. The zero-order chi connectivity index (χ0) is 11.4. The number of hydrogen-bond acceptors (Lipinski definition) is 4. The highest BCUT2D eigenvalue weighted by atomic mass is 16.7. The summed E-state index contributed by atoms with van der Waals surface area (Å²) in [4.78, 5) is 11.7. The molecule has 2 heterocycles. The van der Waals surface area contributed by atoms with Gasteiger partial charge in [-0.15, -0.1) is 0 Å². The molecular formula is C12H18O4. The van der Waals surface area contributed by atoms with Crippen LogP contribution in [0.1, 0.15) is 26.2 Å². The minimum atomic E-state index is -0.201. The molecule has 3 unspecified atom stereocenters. The molecule has 0 spiro atoms. The molecule has 2 rings (SSSR count). The van der Waals surface area contributed by atoms with E-state index in [-0.39, 0.29) is 30.9 Å². The van der Waals surface area contributed by atoms with Crippen molar-refractivity contribution in [2.45, 2.75) is 38.4 Å². The number of esters is 1. The van der Waals surface area contributed by atoms with Crippen LogP contribution in [0.4, 0.5) is 0 Å². The number of ether oxygens (including phenoxy) is 3. The first-order valence-electron chi connectivity index (χ1n) is 5.89. The van der Waals surface area contributed by atoms with Crippen molar-refractivity contribution in [2.24, 2.45) is 5.92 Å². The quantitative estimate of drug-likeness (QED) is 0.299. The predicted octanol–water partition coefficient (Wildman–Crippen LogP) is 1.65. The normalized spacial score (nSPS) is 30.9. The molecule has 0 aliphatic carbocycles. The highest BCUT2D eigenvalue weighted by Crippen LogP contribution is 2.34. The lowest BCUT2D eigenvalue weighted by atomic mass is 9.95. The molecule has 1 fully saturated rings. The minimum absolute atomic E-state index is 0.0659. The van der Waals surface area contributed by atoms with Crippen molar-refractivity contribution < 1.29 is 19.0 Å². The monoisotopic (exact) mass is 226 g/mol. The van der Waals surface area contributed by atoms with E-state index < -0.39 is 0 Å². The van der Waals surface area contributed by atoms with Crippen molar-refractivity contribution in [1.82, 2.24) is 0 Å². The van der Waals surface area contributed by atoms with Gasteiger partial charge in [-0.3, -0.25) is 4.79 Å². The van der Waals surface area contributed by atoms with Gasteiger partial charge in [0.05, 0.1) is 24.7 Å². The van der Waals surface area contributed by atoms with Gasteiger partial charge in [-0.05, 0) is 12.8 Å². The summed E-state index contributed by atoms with van der Waals surface area (Å²) in [5.41, 5.74) is 0. The predicted molar refractivity (Wildman–Crippen MR) is 57.7 cm³/mol. The summed E-state index contributed by atoms with van der Waals surface area (Å²) in [6, 6.07) is 0. The van der Waals surface area contributed by atoms with Crippen molar-refractivity contribution in [3.63, 3.8) is 0 Å². The molecule has 4 nitrogen and oxygen atoms in total. The van der Waals surface area contributed by atoms with E-state index in [1.165, 1.54) is 0 Å². The van der Waals surface area contributed by atoms with Crippen molar-refractivity contribution in [3.8, 4) is 0 Å². The largest absolute Gasteiger partial charge is 0.438 e. The molecule has 3 atom stereocenters. The SMILES string of the molecule is CCCCOCOC(=O)C1CC2C=CC1O2. The highest BCUT2D eigenvalue weighted by Gasteiger charge is 2.41. The van der Waals surface area contributed by atoms with Crippen LogP contribution in [0.2, 0.25) is 0 Å². The van der Waals surface area contributed by atoms with E-state index in [2.05, 4.69) is 6.92 Å². The number of carbonyl (C=O) groups is 1. The van der Waals surface area contributed by atoms with Crippen LogP contribution in [-0.2, 0) is 19.0 Å². The van der Waals surface area contributed by atoms with Gasteiger partial charge in [0.1, 0.15) is 0 Å². The maximum atomic E-state index is 11.7. The second-order valence-electron chi connectivity index (χ2n) is 4.21. The molecule has 16 heavy (non-hydrogen) atoms. The van der Waals surface area contributed by atoms with Crippen LogP contribution in [0.15, 0.2) is 12.2 Å². The first-order valence-corrected chi connectivity index (χ1v) is 5.89. The molecule has 0 N–H and O–H groups in total. The Bertz CT molecular complexity index is 274. The van der Waals surface area contributed by atoms with Crippen LogP contribution in [0.3, 0.4) is 0 Å². The fourth-order valence-electron chi connectivity index (χ4n) is 2.02. The average molecular weight is 226 g/mol. The van der Waals surface area contributed by atoms with Crippen LogP contribution in [-0.4, -0.2) is 31.6 Å². The summed E-state index contributed by atoms with van der Waals surface area (Å²) in [6.45, 7) is 2.81. The fraction of sp³-hybridized carbons (Fsp3) is 0.750. The Morgan fingerprint density at radius 2 is 2.38 bits per heavy atom. The Labute approximate surface area is 95.6 Å². The summed E-state index contributed by atoms with van der Waals surface area (Å²) in [7, 11) is 0. The molecule has 0 aromatic rings. The average Bonchev–Trinajstić information content (AvgIpc) is 2.90. The zero-order valence-corrected chi connectivity index (χ0v) is 9.56. The van der Waals surface area contributed by atoms with Crippen LogP contribution in [0.25, 0.3) is 0 Å². The molecule has 4 heteroatoms. The third-order valence-corrected chi connectivity index (χ3v) is 2.96. The van der Waals surface area contributed by atoms with E-state index in [0.717, 1.165) is 19.3 Å². The van der Waals surface area contributed by atoms with Gasteiger partial charge in [-0.1, -0.05) is 25.5 Å². The third kappa shape index (κ3) is 2.62. The molecule has 0 radical (unpaired) electrons. The number of hydrogen-bond donors (Lipinski definition) is 0. The van der Waals surface area contributed by atoms with E-state index in [0.29, 0.717) is 6.61 Å². The van der Waals surface area contributed by atoms with Gasteiger partial charge in [-0.2, -0.15) is 0 Å². The van der Waals surface area contributed by atoms with Gasteiger partial charge in [0.25, 0.3) is 0 Å². The van der Waals surface area contributed by atoms with Crippen LogP contribution < -0.4 is 0 Å². The molecule has 1 saturated heterocycles. The van der Waals surface area contributed by atoms with Gasteiger partial charge < -0.3 is 14.2 Å². The molecule has 90 valence electrons. The van der Waals surface area contributed by atoms with Crippen LogP contribution in [0.5, 0.6) is 0 Å². The lowest BCUT2D eigenvalue weighted by Gasteiger charge is -2.14. The lowest BCUT2D eigenvalue weighted by molar-refractivity contribution is -0.162. The molecule has 0 aromatic carbocycles. The van der Waals surface area contributed by atoms with Gasteiger partial charge in [0.15, 0.2) is 6.79 Å². The van der Waals surface area contributed by atoms with Crippen molar-refractivity contribution in [2.75, 3.05) is 13.4 Å². The Morgan fingerprint density at radius 3 is 3.00 bits per heavy atom. The second-order valence-corrected chi connectivity index (χ2v) is 4.21. The molecule has 0 aromatic heterocycles. The number of rotatable bonds is 6. The minimum Gasteiger partial charge on any atom is -0.438 e. The van der Waals surface area contributed by atoms with E-state index in [1.54, 1.807) is 0 Å². The second kappa shape index (κ2) is 5.46. The maximum Gasteiger partial charge on any atom is 0.314 e. The van der Waals surface area contributed by atoms with E-state index in [1.807, 2.05) is 12.2 Å². The molecule has 0 amide bonds. The van der Waals surface area contributed by atoms with Crippen LogP contribution >= 0.6 is 0 Å². The van der Waals surface area contributed by atoms with Gasteiger partial charge in [0.2, 0.25) is 0 Å². The van der Waals surface area contributed by atoms with Crippen molar-refractivity contribution in [1.29, 1.82) is 0 Å². The fourth-order valence-corrected chi connectivity index (χ4v) is 2.02. The summed E-state index contributed by atoms with van der Waals surface area (Å²) < 4.78 is 15.7. The van der Waals surface area contributed by atoms with E-state index in [9.17, 15) is 4.79 Å². The Kier molecular flexibility index (Phi) is 3.96. The summed E-state index contributed by atoms with van der Waals surface area (Å²) in [5.74, 6) is -0.335. The third-order valence-electron chi connectivity index (χ3n) is 2.96. The van der Waals surface area contributed by atoms with Gasteiger partial charge in [-0.25, -0.2) is 0 Å². The van der Waals surface area contributed by atoms with Crippen molar-refractivity contribution >= 4 is 5.97 Å². The van der Waals surface area contributed by atoms with Crippen molar-refractivity contribution in [3.05, 3.63) is 12.2 Å². The smallest absolute Gasteiger partial charge is 0.314 e. The summed E-state index contributed by atoms with van der Waals surface area (Å²) in [6.07, 6.45) is 6.81. The van der Waals surface area contributed by atoms with E-state index in [4.69, 9.17) is 14.2 Å². The first kappa shape index (κ1) is 11.6. The molecule has 2 bridgehead atoms. The number of unbranched alkanes of at least 4 members (excludes halogenated alkanes) is 1. The topological polar surface area (TPSA) is 44.8 Å². The number of fused-ring (bicyclic) bond motifs is 2. The Balaban J connectivity index is 1.63. The van der Waals surface area contributed by atoms with Crippen LogP contribution in [0, 0.1) is 5.92 Å². The Morgan fingerprint density at radius 1 is 1.50 bits per heavy atom. The highest BCUT2D eigenvalue weighted by molar-refractivity contribution is 5.74. The Hall–Kier alpha value is -0.870.